The normalized spacial score (nSPS) is 23.1. The maximum Gasteiger partial charge on any atom is 0.249 e. The number of hydrogen-bond acceptors (Lipinski definition) is 9. The van der Waals surface area contributed by atoms with Crippen LogP contribution in [0.4, 0.5) is 0 Å². The molecule has 1 heterocycles. The first-order chi connectivity index (χ1) is 24.3. The molecule has 1 fully saturated rings. The van der Waals surface area contributed by atoms with Gasteiger partial charge in [0.25, 0.3) is 0 Å². The van der Waals surface area contributed by atoms with Crippen molar-refractivity contribution >= 4 is 5.91 Å². The van der Waals surface area contributed by atoms with Crippen LogP contribution in [0.25, 0.3) is 0 Å². The third kappa shape index (κ3) is 21.9. The lowest BCUT2D eigenvalue weighted by Crippen LogP contribution is -2.60. The summed E-state index contributed by atoms with van der Waals surface area (Å²) in [5.74, 6) is -0.626. The Balaban J connectivity index is 2.53. The van der Waals surface area contributed by atoms with Crippen LogP contribution in [0, 0.1) is 0 Å². The van der Waals surface area contributed by atoms with Crippen LogP contribution in [0.5, 0.6) is 0 Å². The maximum atomic E-state index is 12.9. The Bertz CT molecular complexity index is 855. The highest BCUT2D eigenvalue weighted by atomic mass is 16.7. The van der Waals surface area contributed by atoms with Gasteiger partial charge in [-0.05, 0) is 38.5 Å². The smallest absolute Gasteiger partial charge is 0.249 e. The van der Waals surface area contributed by atoms with Crippen LogP contribution < -0.4 is 5.32 Å². The van der Waals surface area contributed by atoms with Crippen LogP contribution in [0.2, 0.25) is 0 Å². The zero-order valence-corrected chi connectivity index (χ0v) is 31.5. The van der Waals surface area contributed by atoms with Gasteiger partial charge < -0.3 is 45.4 Å². The summed E-state index contributed by atoms with van der Waals surface area (Å²) < 4.78 is 11.1. The fourth-order valence-electron chi connectivity index (χ4n) is 6.22. The number of hydrogen-bond donors (Lipinski definition) is 7. The van der Waals surface area contributed by atoms with E-state index in [0.717, 1.165) is 44.9 Å². The first kappa shape index (κ1) is 46.7. The van der Waals surface area contributed by atoms with Crippen LogP contribution in [0.15, 0.2) is 24.3 Å². The molecule has 0 spiro atoms. The molecule has 1 rings (SSSR count). The Morgan fingerprint density at radius 1 is 0.680 bits per heavy atom. The summed E-state index contributed by atoms with van der Waals surface area (Å²) in [4.78, 5) is 12.9. The molecule has 1 saturated heterocycles. The van der Waals surface area contributed by atoms with E-state index in [4.69, 9.17) is 9.47 Å². The van der Waals surface area contributed by atoms with Gasteiger partial charge in [-0.1, -0.05) is 147 Å². The highest BCUT2D eigenvalue weighted by molar-refractivity contribution is 5.80. The average molecular weight is 714 g/mol. The summed E-state index contributed by atoms with van der Waals surface area (Å²) in [5, 5.41) is 64.3. The van der Waals surface area contributed by atoms with Crippen LogP contribution in [0.3, 0.4) is 0 Å². The fraction of sp³-hybridized carbons (Fsp3) is 0.875. The highest BCUT2D eigenvalue weighted by Gasteiger charge is 2.44. The number of unbranched alkanes of at least 4 members (excludes halogenated alkanes) is 19. The zero-order chi connectivity index (χ0) is 36.8. The molecule has 1 aliphatic rings. The van der Waals surface area contributed by atoms with Gasteiger partial charge in [-0.15, -0.1) is 0 Å². The predicted molar refractivity (Wildman–Crippen MR) is 199 cm³/mol. The minimum absolute atomic E-state index is 0.307. The first-order valence-corrected chi connectivity index (χ1v) is 20.2. The van der Waals surface area contributed by atoms with Crippen molar-refractivity contribution in [1.82, 2.24) is 5.32 Å². The summed E-state index contributed by atoms with van der Waals surface area (Å²) in [6.07, 6.45) is 24.1. The number of amides is 1. The van der Waals surface area contributed by atoms with Crippen molar-refractivity contribution < 1.29 is 44.9 Å². The number of aliphatic hydroxyl groups excluding tert-OH is 6. The zero-order valence-electron chi connectivity index (χ0n) is 31.5. The van der Waals surface area contributed by atoms with Crippen LogP contribution in [-0.4, -0.2) is 98.7 Å². The van der Waals surface area contributed by atoms with Crippen LogP contribution in [-0.2, 0) is 14.3 Å². The maximum absolute atomic E-state index is 12.9. The highest BCUT2D eigenvalue weighted by Crippen LogP contribution is 2.22. The van der Waals surface area contributed by atoms with E-state index in [2.05, 4.69) is 31.3 Å². The minimum Gasteiger partial charge on any atom is -0.394 e. The van der Waals surface area contributed by atoms with Gasteiger partial charge in [0.05, 0.1) is 25.4 Å². The Hall–Kier alpha value is -1.37. The quantitative estimate of drug-likeness (QED) is 0.0320. The van der Waals surface area contributed by atoms with E-state index < -0.39 is 61.5 Å². The van der Waals surface area contributed by atoms with E-state index >= 15 is 0 Å². The third-order valence-electron chi connectivity index (χ3n) is 9.63. The number of ether oxygens (including phenoxy) is 2. The molecule has 0 aromatic rings. The molecule has 10 heteroatoms. The molecule has 0 unspecified atom stereocenters. The molecule has 1 amide bonds. The van der Waals surface area contributed by atoms with E-state index in [1.807, 2.05) is 6.08 Å². The first-order valence-electron chi connectivity index (χ1n) is 20.2. The minimum atomic E-state index is -1.61. The lowest BCUT2D eigenvalue weighted by atomic mass is 9.99. The van der Waals surface area contributed by atoms with E-state index in [9.17, 15) is 35.4 Å². The molecule has 0 bridgehead atoms. The Kier molecular flexibility index (Phi) is 29.1. The predicted octanol–water partition coefficient (Wildman–Crippen LogP) is 6.13. The van der Waals surface area contributed by atoms with Crippen molar-refractivity contribution in [2.75, 3.05) is 13.2 Å². The summed E-state index contributed by atoms with van der Waals surface area (Å²) >= 11 is 0. The number of aliphatic hydroxyl groups is 6. The fourth-order valence-corrected chi connectivity index (χ4v) is 6.22. The molecular weight excluding hydrogens is 638 g/mol. The largest absolute Gasteiger partial charge is 0.394 e. The monoisotopic (exact) mass is 714 g/mol. The van der Waals surface area contributed by atoms with Crippen LogP contribution >= 0.6 is 0 Å². The summed E-state index contributed by atoms with van der Waals surface area (Å²) in [6, 6.07) is -0.986. The second-order valence-corrected chi connectivity index (χ2v) is 14.2. The molecule has 0 aromatic carbocycles. The third-order valence-corrected chi connectivity index (χ3v) is 9.63. The molecular formula is C40H75NO9. The number of carbonyl (C=O) groups excluding carboxylic acids is 1. The molecule has 1 aliphatic heterocycles. The number of nitrogens with one attached hydrogen (secondary N) is 1. The van der Waals surface area contributed by atoms with Crippen molar-refractivity contribution in [3.05, 3.63) is 24.3 Å². The second-order valence-electron chi connectivity index (χ2n) is 14.2. The van der Waals surface area contributed by atoms with Gasteiger partial charge >= 0.3 is 0 Å². The van der Waals surface area contributed by atoms with Crippen molar-refractivity contribution in [3.8, 4) is 0 Å². The van der Waals surface area contributed by atoms with Gasteiger partial charge in [0, 0.05) is 0 Å². The molecule has 0 radical (unpaired) electrons. The van der Waals surface area contributed by atoms with Crippen molar-refractivity contribution in [2.45, 2.75) is 210 Å². The number of carbonyl (C=O) groups is 1. The van der Waals surface area contributed by atoms with Gasteiger partial charge in [-0.2, -0.15) is 0 Å². The number of allylic oxidation sites excluding steroid dienone is 3. The summed E-state index contributed by atoms with van der Waals surface area (Å²) in [5.41, 5.74) is 0. The van der Waals surface area contributed by atoms with Gasteiger partial charge in [-0.3, -0.25) is 4.79 Å². The topological polar surface area (TPSA) is 169 Å². The molecule has 0 saturated carbocycles. The van der Waals surface area contributed by atoms with Crippen molar-refractivity contribution in [3.63, 3.8) is 0 Å². The average Bonchev–Trinajstić information content (AvgIpc) is 3.11. The van der Waals surface area contributed by atoms with Gasteiger partial charge in [0.1, 0.15) is 30.5 Å². The Labute approximate surface area is 303 Å². The van der Waals surface area contributed by atoms with E-state index in [0.29, 0.717) is 12.8 Å². The van der Waals surface area contributed by atoms with Crippen molar-refractivity contribution in [1.29, 1.82) is 0 Å². The summed E-state index contributed by atoms with van der Waals surface area (Å²) in [7, 11) is 0. The molecule has 0 aromatic heterocycles. The Morgan fingerprint density at radius 2 is 1.18 bits per heavy atom. The molecule has 50 heavy (non-hydrogen) atoms. The van der Waals surface area contributed by atoms with Crippen molar-refractivity contribution in [2.24, 2.45) is 0 Å². The standard InChI is InChI=1S/C40H75NO9/c1-3-5-7-9-11-13-15-17-19-20-22-24-26-28-33(43)32(31-49-40-38(47)37(46)36(45)35(30-42)50-40)41-39(48)34(44)29-27-25-23-21-18-16-14-12-10-8-6-4-2/h17,19,26,28,32-38,40,42-47H,3-16,18,20-25,27,29-31H2,1-2H3,(H,41,48)/b19-17-,28-26+/t32-,33+,34+,35+,36+,37-,38+,40+/m0/s1. The van der Waals surface area contributed by atoms with Gasteiger partial charge in [0.15, 0.2) is 6.29 Å². The molecule has 294 valence electrons. The summed E-state index contributed by atoms with van der Waals surface area (Å²) in [6.45, 7) is 3.55. The molecule has 8 atom stereocenters. The van der Waals surface area contributed by atoms with Crippen LogP contribution in [0.1, 0.15) is 162 Å². The van der Waals surface area contributed by atoms with Gasteiger partial charge in [0.2, 0.25) is 5.91 Å². The lowest BCUT2D eigenvalue weighted by molar-refractivity contribution is -0.302. The Morgan fingerprint density at radius 3 is 1.74 bits per heavy atom. The van der Waals surface area contributed by atoms with E-state index in [1.165, 1.54) is 89.9 Å². The molecule has 0 aliphatic carbocycles. The van der Waals surface area contributed by atoms with E-state index in [1.54, 1.807) is 6.08 Å². The number of rotatable bonds is 32. The molecule has 7 N–H and O–H groups in total. The second kappa shape index (κ2) is 31.2. The lowest BCUT2D eigenvalue weighted by Gasteiger charge is -2.40. The SMILES string of the molecule is CCCCCCCC/C=C\CCC/C=C/[C@@H](O)[C@H](CO[C@@H]1O[C@H](CO)[C@@H](O)[C@H](O)[C@H]1O)NC(=O)[C@H](O)CCCCCCCCCCCCCC. The molecule has 10 nitrogen and oxygen atoms in total. The van der Waals surface area contributed by atoms with Gasteiger partial charge in [-0.25, -0.2) is 0 Å². The van der Waals surface area contributed by atoms with E-state index in [-0.39, 0.29) is 6.61 Å².